The quantitative estimate of drug-likeness (QED) is 0.864. The molecular weight excluding hydrogens is 351 g/mol. The summed E-state index contributed by atoms with van der Waals surface area (Å²) in [5.74, 6) is -1.12. The van der Waals surface area contributed by atoms with Crippen molar-refractivity contribution < 1.29 is 23.1 Å². The summed E-state index contributed by atoms with van der Waals surface area (Å²) < 4.78 is 40.4. The second-order valence-corrected chi connectivity index (χ2v) is 5.20. The van der Waals surface area contributed by atoms with E-state index in [1.165, 1.54) is 22.8 Å². The standard InChI is InChI=1S/C14H11BrF3NO2/c1-2-19-11(5-6-12(19)13(20)21)9-7-8(14(16,17)18)3-4-10(9)15/h3-7H,2H2,1H3,(H,20,21). The first-order chi connectivity index (χ1) is 9.75. The number of carboxylic acids is 1. The zero-order valence-electron chi connectivity index (χ0n) is 10.9. The molecule has 0 radical (unpaired) electrons. The van der Waals surface area contributed by atoms with E-state index in [1.807, 2.05) is 0 Å². The number of carboxylic acid groups (broad SMARTS) is 1. The Hall–Kier alpha value is -1.76. The van der Waals surface area contributed by atoms with Gasteiger partial charge in [-0.05, 0) is 37.3 Å². The number of nitrogens with zero attached hydrogens (tertiary/aromatic N) is 1. The summed E-state index contributed by atoms with van der Waals surface area (Å²) in [6, 6.07) is 6.19. The van der Waals surface area contributed by atoms with Crippen LogP contribution < -0.4 is 0 Å². The zero-order valence-corrected chi connectivity index (χ0v) is 12.5. The molecule has 1 aromatic carbocycles. The first-order valence-electron chi connectivity index (χ1n) is 6.05. The Morgan fingerprint density at radius 1 is 1.29 bits per heavy atom. The molecule has 3 nitrogen and oxygen atoms in total. The van der Waals surface area contributed by atoms with Gasteiger partial charge in [0, 0.05) is 22.3 Å². The lowest BCUT2D eigenvalue weighted by atomic mass is 10.1. The van der Waals surface area contributed by atoms with E-state index < -0.39 is 17.7 Å². The smallest absolute Gasteiger partial charge is 0.416 e. The van der Waals surface area contributed by atoms with Crippen LogP contribution in [0, 0.1) is 0 Å². The van der Waals surface area contributed by atoms with Crippen molar-refractivity contribution in [1.29, 1.82) is 0 Å². The highest BCUT2D eigenvalue weighted by atomic mass is 79.9. The number of alkyl halides is 3. The molecule has 0 bridgehead atoms. The predicted molar refractivity (Wildman–Crippen MR) is 75.2 cm³/mol. The SMILES string of the molecule is CCn1c(C(=O)O)ccc1-c1cc(C(F)(F)F)ccc1Br. The lowest BCUT2D eigenvalue weighted by Crippen LogP contribution is -2.09. The van der Waals surface area contributed by atoms with Crippen LogP contribution in [-0.4, -0.2) is 15.6 Å². The van der Waals surface area contributed by atoms with Crippen molar-refractivity contribution in [3.8, 4) is 11.3 Å². The van der Waals surface area contributed by atoms with Crippen molar-refractivity contribution in [2.45, 2.75) is 19.6 Å². The van der Waals surface area contributed by atoms with Crippen LogP contribution in [0.2, 0.25) is 0 Å². The zero-order chi connectivity index (χ0) is 15.8. The molecule has 1 heterocycles. The molecular formula is C14H11BrF3NO2. The van der Waals surface area contributed by atoms with E-state index in [4.69, 9.17) is 5.11 Å². The summed E-state index contributed by atoms with van der Waals surface area (Å²) in [6.07, 6.45) is -4.45. The number of hydrogen-bond donors (Lipinski definition) is 1. The molecule has 21 heavy (non-hydrogen) atoms. The molecule has 0 fully saturated rings. The van der Waals surface area contributed by atoms with Crippen molar-refractivity contribution in [1.82, 2.24) is 4.57 Å². The summed E-state index contributed by atoms with van der Waals surface area (Å²) in [5.41, 5.74) is -0.00899. The molecule has 7 heteroatoms. The molecule has 0 amide bonds. The molecule has 0 aliphatic carbocycles. The van der Waals surface area contributed by atoms with Crippen LogP contribution >= 0.6 is 15.9 Å². The molecule has 0 unspecified atom stereocenters. The van der Waals surface area contributed by atoms with E-state index in [2.05, 4.69) is 15.9 Å². The summed E-state index contributed by atoms with van der Waals surface area (Å²) in [7, 11) is 0. The van der Waals surface area contributed by atoms with Crippen molar-refractivity contribution in [2.75, 3.05) is 0 Å². The topological polar surface area (TPSA) is 42.2 Å². The van der Waals surface area contributed by atoms with E-state index in [0.717, 1.165) is 12.1 Å². The minimum Gasteiger partial charge on any atom is -0.477 e. The number of aromatic carboxylic acids is 1. The van der Waals surface area contributed by atoms with Gasteiger partial charge in [-0.1, -0.05) is 15.9 Å². The normalized spacial score (nSPS) is 11.7. The number of benzene rings is 1. The monoisotopic (exact) mass is 361 g/mol. The molecule has 0 aliphatic rings. The number of halogens is 4. The Bertz CT molecular complexity index is 692. The van der Waals surface area contributed by atoms with Gasteiger partial charge in [-0.3, -0.25) is 0 Å². The van der Waals surface area contributed by atoms with Crippen LogP contribution in [0.4, 0.5) is 13.2 Å². The Balaban J connectivity index is 2.64. The molecule has 0 aliphatic heterocycles. The Labute approximate surface area is 127 Å². The molecule has 0 saturated carbocycles. The first kappa shape index (κ1) is 15.6. The van der Waals surface area contributed by atoms with Gasteiger partial charge in [-0.2, -0.15) is 13.2 Å². The summed E-state index contributed by atoms with van der Waals surface area (Å²) >= 11 is 3.22. The fourth-order valence-electron chi connectivity index (χ4n) is 2.13. The van der Waals surface area contributed by atoms with Gasteiger partial charge in [0.1, 0.15) is 5.69 Å². The maximum absolute atomic E-state index is 12.8. The highest BCUT2D eigenvalue weighted by Gasteiger charge is 2.31. The van der Waals surface area contributed by atoms with Crippen molar-refractivity contribution in [3.05, 3.63) is 46.1 Å². The summed E-state index contributed by atoms with van der Waals surface area (Å²) in [4.78, 5) is 11.1. The van der Waals surface area contributed by atoms with Gasteiger partial charge in [-0.25, -0.2) is 4.79 Å². The first-order valence-corrected chi connectivity index (χ1v) is 6.85. The van der Waals surface area contributed by atoms with E-state index in [1.54, 1.807) is 6.92 Å². The fraction of sp³-hybridized carbons (Fsp3) is 0.214. The maximum Gasteiger partial charge on any atom is 0.416 e. The van der Waals surface area contributed by atoms with Crippen molar-refractivity contribution >= 4 is 21.9 Å². The molecule has 0 spiro atoms. The van der Waals surface area contributed by atoms with Crippen molar-refractivity contribution in [3.63, 3.8) is 0 Å². The second kappa shape index (κ2) is 5.55. The lowest BCUT2D eigenvalue weighted by molar-refractivity contribution is -0.137. The van der Waals surface area contributed by atoms with Crippen molar-refractivity contribution in [2.24, 2.45) is 0 Å². The third kappa shape index (κ3) is 2.97. The summed E-state index contributed by atoms with van der Waals surface area (Å²) in [5, 5.41) is 9.10. The fourth-order valence-corrected chi connectivity index (χ4v) is 2.58. The molecule has 1 aromatic heterocycles. The van der Waals surface area contributed by atoms with Gasteiger partial charge in [0.05, 0.1) is 5.56 Å². The molecule has 0 atom stereocenters. The average Bonchev–Trinajstić information content (AvgIpc) is 2.81. The van der Waals surface area contributed by atoms with E-state index >= 15 is 0 Å². The highest BCUT2D eigenvalue weighted by molar-refractivity contribution is 9.10. The highest BCUT2D eigenvalue weighted by Crippen LogP contribution is 2.36. The van der Waals surface area contributed by atoms with E-state index in [-0.39, 0.29) is 5.69 Å². The number of aromatic nitrogens is 1. The Kier molecular flexibility index (Phi) is 4.13. The van der Waals surface area contributed by atoms with Gasteiger partial charge in [0.15, 0.2) is 0 Å². The third-order valence-electron chi connectivity index (χ3n) is 3.09. The number of rotatable bonds is 3. The van der Waals surface area contributed by atoms with Gasteiger partial charge >= 0.3 is 12.1 Å². The number of hydrogen-bond acceptors (Lipinski definition) is 1. The van der Waals surface area contributed by atoms with Crippen LogP contribution in [0.15, 0.2) is 34.8 Å². The lowest BCUT2D eigenvalue weighted by Gasteiger charge is -2.13. The minimum absolute atomic E-state index is 0.0387. The second-order valence-electron chi connectivity index (χ2n) is 4.35. The molecule has 2 aromatic rings. The molecule has 2 rings (SSSR count). The molecule has 0 saturated heterocycles. The van der Waals surface area contributed by atoms with Gasteiger partial charge in [-0.15, -0.1) is 0 Å². The van der Waals surface area contributed by atoms with Gasteiger partial charge in [0.25, 0.3) is 0 Å². The Morgan fingerprint density at radius 2 is 1.95 bits per heavy atom. The predicted octanol–water partition coefficient (Wildman–Crippen LogP) is 4.65. The van der Waals surface area contributed by atoms with Crippen LogP contribution in [0.25, 0.3) is 11.3 Å². The summed E-state index contributed by atoms with van der Waals surface area (Å²) in [6.45, 7) is 2.07. The molecule has 1 N–H and O–H groups in total. The van der Waals surface area contributed by atoms with Gasteiger partial charge < -0.3 is 9.67 Å². The van der Waals surface area contributed by atoms with E-state index in [9.17, 15) is 18.0 Å². The minimum atomic E-state index is -4.45. The maximum atomic E-state index is 12.8. The van der Waals surface area contributed by atoms with Crippen LogP contribution in [-0.2, 0) is 12.7 Å². The molecule has 112 valence electrons. The van der Waals surface area contributed by atoms with Crippen LogP contribution in [0.3, 0.4) is 0 Å². The number of carbonyl (C=O) groups is 1. The van der Waals surface area contributed by atoms with Crippen LogP contribution in [0.1, 0.15) is 23.0 Å². The third-order valence-corrected chi connectivity index (χ3v) is 3.78. The van der Waals surface area contributed by atoms with E-state index in [0.29, 0.717) is 22.3 Å². The Morgan fingerprint density at radius 3 is 2.48 bits per heavy atom. The van der Waals surface area contributed by atoms with Crippen LogP contribution in [0.5, 0.6) is 0 Å². The largest absolute Gasteiger partial charge is 0.477 e. The van der Waals surface area contributed by atoms with Gasteiger partial charge in [0.2, 0.25) is 0 Å². The average molecular weight is 362 g/mol.